The van der Waals surface area contributed by atoms with Gasteiger partial charge in [-0.1, -0.05) is 25.0 Å². The fourth-order valence-corrected chi connectivity index (χ4v) is 3.56. The normalized spacial score (nSPS) is 14.4. The minimum absolute atomic E-state index is 0.102. The molecular weight excluding hydrogens is 328 g/mol. The molecule has 1 aromatic carbocycles. The van der Waals surface area contributed by atoms with Crippen molar-refractivity contribution in [3.8, 4) is 0 Å². The highest BCUT2D eigenvalue weighted by Gasteiger charge is 2.22. The molecule has 2 amide bonds. The Hall–Kier alpha value is -2.63. The Morgan fingerprint density at radius 2 is 1.96 bits per heavy atom. The van der Waals surface area contributed by atoms with Gasteiger partial charge in [-0.3, -0.25) is 14.3 Å². The molecule has 1 fully saturated rings. The minimum Gasteiger partial charge on any atom is -0.348 e. The van der Waals surface area contributed by atoms with Gasteiger partial charge in [-0.25, -0.2) is 0 Å². The van der Waals surface area contributed by atoms with E-state index < -0.39 is 0 Å². The number of anilines is 1. The lowest BCUT2D eigenvalue weighted by molar-refractivity contribution is -0.119. The maximum atomic E-state index is 12.5. The van der Waals surface area contributed by atoms with Crippen molar-refractivity contribution in [2.75, 3.05) is 5.32 Å². The molecular formula is C20H26N4O2. The zero-order valence-electron chi connectivity index (χ0n) is 15.6. The number of amides is 2. The number of carbonyl (C=O) groups is 2. The van der Waals surface area contributed by atoms with E-state index in [1.807, 2.05) is 45.2 Å². The molecule has 2 aromatic rings. The smallest absolute Gasteiger partial charge is 0.255 e. The molecule has 6 heteroatoms. The van der Waals surface area contributed by atoms with E-state index in [9.17, 15) is 9.59 Å². The molecule has 0 spiro atoms. The van der Waals surface area contributed by atoms with Crippen molar-refractivity contribution < 1.29 is 9.59 Å². The largest absolute Gasteiger partial charge is 0.348 e. The zero-order valence-corrected chi connectivity index (χ0v) is 15.6. The van der Waals surface area contributed by atoms with E-state index in [4.69, 9.17) is 0 Å². The van der Waals surface area contributed by atoms with Gasteiger partial charge in [0.2, 0.25) is 5.91 Å². The second-order valence-corrected chi connectivity index (χ2v) is 7.02. The molecule has 1 aliphatic carbocycles. The van der Waals surface area contributed by atoms with Crippen LogP contribution in [0.3, 0.4) is 0 Å². The second-order valence-electron chi connectivity index (χ2n) is 7.02. The van der Waals surface area contributed by atoms with Crippen LogP contribution in [0.4, 0.5) is 5.69 Å². The van der Waals surface area contributed by atoms with Gasteiger partial charge in [0.05, 0.1) is 11.3 Å². The van der Waals surface area contributed by atoms with Gasteiger partial charge < -0.3 is 10.6 Å². The van der Waals surface area contributed by atoms with Crippen molar-refractivity contribution in [1.29, 1.82) is 0 Å². The summed E-state index contributed by atoms with van der Waals surface area (Å²) in [5.74, 6) is 0.105. The summed E-state index contributed by atoms with van der Waals surface area (Å²) in [5.41, 5.74) is 3.92. The summed E-state index contributed by atoms with van der Waals surface area (Å²) in [7, 11) is 1.83. The first-order valence-electron chi connectivity index (χ1n) is 9.14. The lowest BCUT2D eigenvalue weighted by Crippen LogP contribution is -2.24. The van der Waals surface area contributed by atoms with Gasteiger partial charge in [0.25, 0.3) is 5.91 Å². The SMILES string of the molecule is Cc1nn(C)c(C)c1C(=O)NCc1cccc(NC(=O)C2CCCC2)c1. The predicted octanol–water partition coefficient (Wildman–Crippen LogP) is 3.10. The first-order valence-corrected chi connectivity index (χ1v) is 9.14. The molecule has 0 bridgehead atoms. The van der Waals surface area contributed by atoms with Crippen molar-refractivity contribution in [1.82, 2.24) is 15.1 Å². The number of aromatic nitrogens is 2. The molecule has 0 atom stereocenters. The minimum atomic E-state index is -0.131. The predicted molar refractivity (Wildman–Crippen MR) is 101 cm³/mol. The topological polar surface area (TPSA) is 76.0 Å². The summed E-state index contributed by atoms with van der Waals surface area (Å²) in [6.07, 6.45) is 4.23. The molecule has 0 saturated heterocycles. The third-order valence-corrected chi connectivity index (χ3v) is 5.11. The molecule has 1 aliphatic rings. The van der Waals surface area contributed by atoms with Gasteiger partial charge in [-0.05, 0) is 44.4 Å². The highest BCUT2D eigenvalue weighted by Crippen LogP contribution is 2.26. The van der Waals surface area contributed by atoms with Crippen LogP contribution >= 0.6 is 0 Å². The zero-order chi connectivity index (χ0) is 18.7. The third-order valence-electron chi connectivity index (χ3n) is 5.11. The Kier molecular flexibility index (Phi) is 5.40. The van der Waals surface area contributed by atoms with E-state index >= 15 is 0 Å². The number of rotatable bonds is 5. The molecule has 2 N–H and O–H groups in total. The summed E-state index contributed by atoms with van der Waals surface area (Å²) in [6, 6.07) is 7.63. The first-order chi connectivity index (χ1) is 12.5. The highest BCUT2D eigenvalue weighted by molar-refractivity contribution is 5.96. The Labute approximate surface area is 154 Å². The summed E-state index contributed by atoms with van der Waals surface area (Å²) in [4.78, 5) is 24.7. The van der Waals surface area contributed by atoms with Gasteiger partial charge in [-0.2, -0.15) is 5.10 Å². The molecule has 1 heterocycles. The number of benzene rings is 1. The van der Waals surface area contributed by atoms with Gasteiger partial charge in [0.15, 0.2) is 0 Å². The van der Waals surface area contributed by atoms with E-state index in [1.54, 1.807) is 4.68 Å². The number of aryl methyl sites for hydroxylation is 2. The molecule has 1 aromatic heterocycles. The van der Waals surface area contributed by atoms with Crippen LogP contribution in [0.2, 0.25) is 0 Å². The van der Waals surface area contributed by atoms with Crippen LogP contribution in [0.15, 0.2) is 24.3 Å². The Morgan fingerprint density at radius 1 is 1.23 bits per heavy atom. The molecule has 0 aliphatic heterocycles. The standard InChI is InChI=1S/C20H26N4O2/c1-13-18(14(2)24(3)23-13)20(26)21-12-15-7-6-10-17(11-15)22-19(25)16-8-4-5-9-16/h6-7,10-11,16H,4-5,8-9,12H2,1-3H3,(H,21,26)(H,22,25). The number of carbonyl (C=O) groups excluding carboxylic acids is 2. The summed E-state index contributed by atoms with van der Waals surface area (Å²) >= 11 is 0. The fourth-order valence-electron chi connectivity index (χ4n) is 3.56. The van der Waals surface area contributed by atoms with Crippen LogP contribution in [0.25, 0.3) is 0 Å². The second kappa shape index (κ2) is 7.72. The van der Waals surface area contributed by atoms with Gasteiger partial charge in [0, 0.05) is 30.9 Å². The van der Waals surface area contributed by atoms with E-state index in [-0.39, 0.29) is 17.7 Å². The van der Waals surface area contributed by atoms with Crippen molar-refractivity contribution in [3.63, 3.8) is 0 Å². The maximum Gasteiger partial charge on any atom is 0.255 e. The number of hydrogen-bond donors (Lipinski definition) is 2. The summed E-state index contributed by atoms with van der Waals surface area (Å²) in [6.45, 7) is 4.12. The van der Waals surface area contributed by atoms with Crippen LogP contribution in [-0.2, 0) is 18.4 Å². The van der Waals surface area contributed by atoms with E-state index in [0.29, 0.717) is 12.1 Å². The van der Waals surface area contributed by atoms with Crippen LogP contribution in [0, 0.1) is 19.8 Å². The number of nitrogens with one attached hydrogen (secondary N) is 2. The van der Waals surface area contributed by atoms with Crippen LogP contribution in [0.1, 0.15) is 53.0 Å². The Morgan fingerprint density at radius 3 is 2.62 bits per heavy atom. The summed E-state index contributed by atoms with van der Waals surface area (Å²) < 4.78 is 1.71. The third kappa shape index (κ3) is 3.95. The Bertz CT molecular complexity index is 819. The average molecular weight is 354 g/mol. The molecule has 3 rings (SSSR count). The van der Waals surface area contributed by atoms with Crippen LogP contribution in [-0.4, -0.2) is 21.6 Å². The molecule has 26 heavy (non-hydrogen) atoms. The van der Waals surface area contributed by atoms with Crippen molar-refractivity contribution >= 4 is 17.5 Å². The quantitative estimate of drug-likeness (QED) is 0.866. The van der Waals surface area contributed by atoms with Gasteiger partial charge in [-0.15, -0.1) is 0 Å². The molecule has 138 valence electrons. The average Bonchev–Trinajstić information content (AvgIpc) is 3.22. The van der Waals surface area contributed by atoms with E-state index in [1.165, 1.54) is 0 Å². The van der Waals surface area contributed by atoms with Crippen LogP contribution in [0.5, 0.6) is 0 Å². The lowest BCUT2D eigenvalue weighted by atomic mass is 10.1. The Balaban J connectivity index is 1.61. The molecule has 1 saturated carbocycles. The van der Waals surface area contributed by atoms with E-state index in [2.05, 4.69) is 15.7 Å². The van der Waals surface area contributed by atoms with Crippen molar-refractivity contribution in [3.05, 3.63) is 46.8 Å². The number of nitrogens with zero attached hydrogens (tertiary/aromatic N) is 2. The first kappa shape index (κ1) is 18.2. The molecule has 0 radical (unpaired) electrons. The van der Waals surface area contributed by atoms with Gasteiger partial charge >= 0.3 is 0 Å². The van der Waals surface area contributed by atoms with Crippen LogP contribution < -0.4 is 10.6 Å². The van der Waals surface area contributed by atoms with E-state index in [0.717, 1.165) is 48.3 Å². The monoisotopic (exact) mass is 354 g/mol. The fraction of sp³-hybridized carbons (Fsp3) is 0.450. The lowest BCUT2D eigenvalue weighted by Gasteiger charge is -2.12. The van der Waals surface area contributed by atoms with Crippen molar-refractivity contribution in [2.24, 2.45) is 13.0 Å². The van der Waals surface area contributed by atoms with Crippen molar-refractivity contribution in [2.45, 2.75) is 46.1 Å². The van der Waals surface area contributed by atoms with Gasteiger partial charge in [0.1, 0.15) is 0 Å². The molecule has 6 nitrogen and oxygen atoms in total. The summed E-state index contributed by atoms with van der Waals surface area (Å²) in [5, 5.41) is 10.2. The number of hydrogen-bond acceptors (Lipinski definition) is 3. The maximum absolute atomic E-state index is 12.5. The highest BCUT2D eigenvalue weighted by atomic mass is 16.2. The molecule has 0 unspecified atom stereocenters.